The van der Waals surface area contributed by atoms with Crippen LogP contribution in [-0.4, -0.2) is 25.2 Å². The molecular formula is C30H29NO4S. The number of hydrogen-bond donors (Lipinski definition) is 2. The number of amides is 1. The molecule has 0 saturated heterocycles. The van der Waals surface area contributed by atoms with Crippen LogP contribution in [0.3, 0.4) is 0 Å². The van der Waals surface area contributed by atoms with Crippen LogP contribution in [0.15, 0.2) is 95.9 Å². The molecule has 6 heteroatoms. The number of aliphatic hydroxyl groups is 1. The van der Waals surface area contributed by atoms with Crippen molar-refractivity contribution in [2.45, 2.75) is 42.7 Å². The van der Waals surface area contributed by atoms with Gasteiger partial charge in [0.1, 0.15) is 0 Å². The standard InChI is InChI=1S/C30H29NO4S/c32-19-21-10-14-28-25(16-21)12-15-29(28)31-30(33)18-26(22-6-2-1-3-7-22)20-36(34,35)27-13-11-23-8-4-5-9-24(23)17-27/h1-11,13-14,16-17,26,29,32H,12,15,18-20H2,(H,31,33)/t26?,29-/m1/s1. The monoisotopic (exact) mass is 499 g/mol. The minimum absolute atomic E-state index is 0.00522. The summed E-state index contributed by atoms with van der Waals surface area (Å²) < 4.78 is 26.9. The minimum Gasteiger partial charge on any atom is -0.392 e. The van der Waals surface area contributed by atoms with Crippen LogP contribution in [0.4, 0.5) is 0 Å². The van der Waals surface area contributed by atoms with Crippen LogP contribution in [0.2, 0.25) is 0 Å². The Morgan fingerprint density at radius 1 is 0.917 bits per heavy atom. The average Bonchev–Trinajstić information content (AvgIpc) is 3.30. The molecule has 0 aliphatic heterocycles. The third-order valence-electron chi connectivity index (χ3n) is 7.01. The fraction of sp³-hybridized carbons (Fsp3) is 0.233. The number of fused-ring (bicyclic) bond motifs is 2. The lowest BCUT2D eigenvalue weighted by atomic mass is 9.97. The van der Waals surface area contributed by atoms with Crippen molar-refractivity contribution >= 4 is 26.5 Å². The number of carbonyl (C=O) groups is 1. The molecule has 5 rings (SSSR count). The van der Waals surface area contributed by atoms with Gasteiger partial charge in [0.05, 0.1) is 23.3 Å². The fourth-order valence-electron chi connectivity index (χ4n) is 5.12. The second kappa shape index (κ2) is 10.2. The third kappa shape index (κ3) is 5.20. The zero-order chi connectivity index (χ0) is 25.1. The normalized spacial score (nSPS) is 16.0. The van der Waals surface area contributed by atoms with Crippen molar-refractivity contribution in [1.29, 1.82) is 0 Å². The van der Waals surface area contributed by atoms with E-state index in [1.165, 1.54) is 0 Å². The topological polar surface area (TPSA) is 83.5 Å². The first kappa shape index (κ1) is 24.2. The number of benzene rings is 4. The van der Waals surface area contributed by atoms with Crippen LogP contribution in [-0.2, 0) is 27.7 Å². The number of nitrogens with one attached hydrogen (secondary N) is 1. The Morgan fingerprint density at radius 2 is 1.67 bits per heavy atom. The average molecular weight is 500 g/mol. The van der Waals surface area contributed by atoms with Gasteiger partial charge in [-0.15, -0.1) is 0 Å². The van der Waals surface area contributed by atoms with Crippen molar-refractivity contribution in [3.63, 3.8) is 0 Å². The molecule has 0 bridgehead atoms. The third-order valence-corrected chi connectivity index (χ3v) is 8.82. The molecule has 0 heterocycles. The Labute approximate surface area is 211 Å². The Balaban J connectivity index is 1.36. The predicted octanol–water partition coefficient (Wildman–Crippen LogP) is 5.08. The lowest BCUT2D eigenvalue weighted by molar-refractivity contribution is -0.122. The zero-order valence-electron chi connectivity index (χ0n) is 19.9. The van der Waals surface area contributed by atoms with E-state index in [4.69, 9.17) is 0 Å². The summed E-state index contributed by atoms with van der Waals surface area (Å²) in [5.41, 5.74) is 3.91. The van der Waals surface area contributed by atoms with E-state index in [1.807, 2.05) is 78.9 Å². The molecule has 0 spiro atoms. The van der Waals surface area contributed by atoms with Crippen LogP contribution in [0.1, 0.15) is 47.1 Å². The van der Waals surface area contributed by atoms with Crippen LogP contribution in [0.5, 0.6) is 0 Å². The van der Waals surface area contributed by atoms with Gasteiger partial charge in [-0.2, -0.15) is 0 Å². The van der Waals surface area contributed by atoms with E-state index in [1.54, 1.807) is 12.1 Å². The summed E-state index contributed by atoms with van der Waals surface area (Å²) in [5, 5.41) is 14.4. The van der Waals surface area contributed by atoms with Gasteiger partial charge in [0, 0.05) is 12.3 Å². The highest BCUT2D eigenvalue weighted by molar-refractivity contribution is 7.91. The highest BCUT2D eigenvalue weighted by Crippen LogP contribution is 2.33. The van der Waals surface area contributed by atoms with E-state index in [0.29, 0.717) is 0 Å². The molecule has 1 amide bonds. The molecule has 4 aromatic rings. The predicted molar refractivity (Wildman–Crippen MR) is 141 cm³/mol. The molecule has 1 aliphatic carbocycles. The second-order valence-corrected chi connectivity index (χ2v) is 11.5. The first-order valence-corrected chi connectivity index (χ1v) is 13.9. The number of aliphatic hydroxyl groups excluding tert-OH is 1. The van der Waals surface area contributed by atoms with Gasteiger partial charge in [-0.1, -0.05) is 78.9 Å². The fourth-order valence-corrected chi connectivity index (χ4v) is 6.73. The number of hydrogen-bond acceptors (Lipinski definition) is 4. The van der Waals surface area contributed by atoms with Gasteiger partial charge in [0.25, 0.3) is 0 Å². The van der Waals surface area contributed by atoms with Gasteiger partial charge in [-0.25, -0.2) is 8.42 Å². The quantitative estimate of drug-likeness (QED) is 0.354. The molecule has 2 atom stereocenters. The highest BCUT2D eigenvalue weighted by atomic mass is 32.2. The minimum atomic E-state index is -3.63. The van der Waals surface area contributed by atoms with E-state index in [2.05, 4.69) is 5.32 Å². The summed E-state index contributed by atoms with van der Waals surface area (Å²) in [5.74, 6) is -0.786. The van der Waals surface area contributed by atoms with E-state index in [0.717, 1.165) is 45.9 Å². The van der Waals surface area contributed by atoms with E-state index < -0.39 is 15.8 Å². The highest BCUT2D eigenvalue weighted by Gasteiger charge is 2.28. The molecule has 5 nitrogen and oxygen atoms in total. The number of aryl methyl sites for hydroxylation is 1. The maximum absolute atomic E-state index is 13.5. The van der Waals surface area contributed by atoms with Crippen molar-refractivity contribution in [1.82, 2.24) is 5.32 Å². The molecular weight excluding hydrogens is 470 g/mol. The summed E-state index contributed by atoms with van der Waals surface area (Å²) >= 11 is 0. The van der Waals surface area contributed by atoms with Crippen LogP contribution >= 0.6 is 0 Å². The maximum Gasteiger partial charge on any atom is 0.221 e. The number of carbonyl (C=O) groups excluding carboxylic acids is 1. The molecule has 0 saturated carbocycles. The number of sulfone groups is 1. The summed E-state index contributed by atoms with van der Waals surface area (Å²) in [6.07, 6.45) is 1.71. The second-order valence-electron chi connectivity index (χ2n) is 9.45. The summed E-state index contributed by atoms with van der Waals surface area (Å²) in [7, 11) is -3.63. The number of rotatable bonds is 8. The first-order valence-electron chi connectivity index (χ1n) is 12.2. The summed E-state index contributed by atoms with van der Waals surface area (Å²) in [6.45, 7) is -0.00522. The van der Waals surface area contributed by atoms with E-state index in [-0.39, 0.29) is 35.6 Å². The van der Waals surface area contributed by atoms with Gasteiger partial charge in [0.15, 0.2) is 9.84 Å². The first-order chi connectivity index (χ1) is 17.4. The lowest BCUT2D eigenvalue weighted by Gasteiger charge is -2.20. The smallest absolute Gasteiger partial charge is 0.221 e. The van der Waals surface area contributed by atoms with Crippen LogP contribution in [0, 0.1) is 0 Å². The molecule has 0 fully saturated rings. The molecule has 1 unspecified atom stereocenters. The molecule has 4 aromatic carbocycles. The molecule has 0 radical (unpaired) electrons. The maximum atomic E-state index is 13.5. The van der Waals surface area contributed by atoms with Crippen molar-refractivity contribution < 1.29 is 18.3 Å². The zero-order valence-corrected chi connectivity index (χ0v) is 20.7. The Bertz CT molecular complexity index is 1500. The molecule has 184 valence electrons. The summed E-state index contributed by atoms with van der Waals surface area (Å²) in [4.78, 5) is 13.4. The SMILES string of the molecule is O=C(CC(CS(=O)(=O)c1ccc2ccccc2c1)c1ccccc1)N[C@@H]1CCc2cc(CO)ccc21. The van der Waals surface area contributed by atoms with E-state index >= 15 is 0 Å². The largest absolute Gasteiger partial charge is 0.392 e. The molecule has 0 aromatic heterocycles. The Morgan fingerprint density at radius 3 is 2.44 bits per heavy atom. The van der Waals surface area contributed by atoms with Crippen LogP contribution in [0.25, 0.3) is 10.8 Å². The van der Waals surface area contributed by atoms with Gasteiger partial charge in [-0.05, 0) is 58.0 Å². The van der Waals surface area contributed by atoms with Crippen molar-refractivity contribution in [2.75, 3.05) is 5.75 Å². The van der Waals surface area contributed by atoms with E-state index in [9.17, 15) is 18.3 Å². The Kier molecular flexibility index (Phi) is 6.90. The van der Waals surface area contributed by atoms with Crippen molar-refractivity contribution in [2.24, 2.45) is 0 Å². The molecule has 36 heavy (non-hydrogen) atoms. The van der Waals surface area contributed by atoms with Gasteiger partial charge in [-0.3, -0.25) is 4.79 Å². The molecule has 1 aliphatic rings. The van der Waals surface area contributed by atoms with Crippen molar-refractivity contribution in [3.8, 4) is 0 Å². The van der Waals surface area contributed by atoms with Crippen LogP contribution < -0.4 is 5.32 Å². The summed E-state index contributed by atoms with van der Waals surface area (Å²) in [6, 6.07) is 28.0. The molecule has 2 N–H and O–H groups in total. The van der Waals surface area contributed by atoms with Crippen molar-refractivity contribution in [3.05, 3.63) is 113 Å². The van der Waals surface area contributed by atoms with Gasteiger partial charge >= 0.3 is 0 Å². The Hall–Kier alpha value is -3.48. The van der Waals surface area contributed by atoms with Gasteiger partial charge < -0.3 is 10.4 Å². The van der Waals surface area contributed by atoms with Gasteiger partial charge in [0.2, 0.25) is 5.91 Å². The lowest BCUT2D eigenvalue weighted by Crippen LogP contribution is -2.30.